The minimum absolute atomic E-state index is 0. The Hall–Kier alpha value is 0.740. The van der Waals surface area contributed by atoms with Gasteiger partial charge < -0.3 is 6.22 Å². The van der Waals surface area contributed by atoms with Crippen molar-refractivity contribution in [3.63, 3.8) is 0 Å². The summed E-state index contributed by atoms with van der Waals surface area (Å²) in [5.41, 5.74) is 0. The minimum Gasteiger partial charge on any atom is -1.00 e. The molecular weight excluding hydrogens is 155 g/mol. The van der Waals surface area contributed by atoms with Crippen molar-refractivity contribution in [1.29, 1.82) is 0 Å². The average Bonchev–Trinajstić information content (AvgIpc) is 1.25. The van der Waals surface area contributed by atoms with E-state index >= 15 is 0 Å². The van der Waals surface area contributed by atoms with Crippen molar-refractivity contribution in [2.24, 2.45) is 0 Å². The maximum Gasteiger partial charge on any atom is 1.00 e. The predicted octanol–water partition coefficient (Wildman–Crippen LogP) is -2.61. The van der Waals surface area contributed by atoms with E-state index in [-0.39, 0.29) is 36.8 Å². The fourth-order valence-corrected chi connectivity index (χ4v) is 0. The van der Waals surface area contributed by atoms with Gasteiger partial charge in [-0.2, -0.15) is 4.21 Å². The molecule has 0 aromatic heterocycles. The summed E-state index contributed by atoms with van der Waals surface area (Å²) in [6.45, 7) is 3.06. The number of rotatable bonds is 0. The molecule has 0 aliphatic carbocycles. The fourth-order valence-electron chi connectivity index (χ4n) is 0. The Bertz CT molecular complexity index is 78.5. The van der Waals surface area contributed by atoms with E-state index in [1.54, 1.807) is 0 Å². The van der Waals surface area contributed by atoms with E-state index in [1.165, 1.54) is 13.8 Å². The first kappa shape index (κ1) is 16.4. The van der Waals surface area contributed by atoms with Gasteiger partial charge in [-0.1, -0.05) is 0 Å². The molecule has 0 bridgehead atoms. The fraction of sp³-hybridized carbons (Fsp3) is 0.667. The van der Waals surface area contributed by atoms with Crippen LogP contribution in [-0.2, 0) is 16.2 Å². The van der Waals surface area contributed by atoms with Gasteiger partial charge in [0.2, 0.25) is 0 Å². The summed E-state index contributed by atoms with van der Waals surface area (Å²) in [5.74, 6) is 0.167. The van der Waals surface area contributed by atoms with Crippen molar-refractivity contribution in [1.82, 2.24) is 0 Å². The molecular formula is C3H9NaO4S. The molecule has 0 atom stereocenters. The van der Waals surface area contributed by atoms with Crippen molar-refractivity contribution in [2.75, 3.05) is 0 Å². The van der Waals surface area contributed by atoms with Crippen molar-refractivity contribution in [3.05, 3.63) is 0 Å². The molecule has 0 heterocycles. The largest absolute Gasteiger partial charge is 1.00 e. The Morgan fingerprint density at radius 2 is 1.44 bits per heavy atom. The van der Waals surface area contributed by atoms with Gasteiger partial charge in [-0.15, -0.1) is 0 Å². The molecule has 0 saturated carbocycles. The Morgan fingerprint density at radius 3 is 1.44 bits per heavy atom. The molecule has 52 valence electrons. The summed E-state index contributed by atoms with van der Waals surface area (Å²) >= 11 is -2.61. The van der Waals surface area contributed by atoms with Gasteiger partial charge in [-0.25, -0.2) is 0 Å². The van der Waals surface area contributed by atoms with E-state index in [1.807, 2.05) is 0 Å². The van der Waals surface area contributed by atoms with E-state index < -0.39 is 11.4 Å². The Labute approximate surface area is 79.9 Å². The summed E-state index contributed by atoms with van der Waals surface area (Å²) < 4.78 is 22.8. The van der Waals surface area contributed by atoms with Crippen LogP contribution in [0.15, 0.2) is 0 Å². The van der Waals surface area contributed by atoms with E-state index in [0.717, 1.165) is 0 Å². The van der Waals surface area contributed by atoms with Crippen molar-refractivity contribution < 1.29 is 49.1 Å². The molecule has 0 fully saturated rings. The smallest absolute Gasteiger partial charge is 1.00 e. The maximum absolute atomic E-state index is 9.44. The predicted molar refractivity (Wildman–Crippen MR) is 30.9 cm³/mol. The zero-order chi connectivity index (χ0) is 7.15. The van der Waals surface area contributed by atoms with Crippen molar-refractivity contribution in [3.8, 4) is 0 Å². The second kappa shape index (κ2) is 11.5. The molecule has 0 spiro atoms. The normalized spacial score (nSPS) is 6.78. The van der Waals surface area contributed by atoms with Crippen LogP contribution in [-0.4, -0.2) is 19.1 Å². The topological polar surface area (TPSA) is 74.6 Å². The Morgan fingerprint density at radius 1 is 1.44 bits per heavy atom. The van der Waals surface area contributed by atoms with Crippen molar-refractivity contribution >= 4 is 17.1 Å². The van der Waals surface area contributed by atoms with Crippen LogP contribution in [0.25, 0.3) is 0 Å². The van der Waals surface area contributed by atoms with Gasteiger partial charge in [0.15, 0.2) is 0 Å². The SMILES string of the molecule is CC(C)=O.O=S(O)O.[H-].[Na+]. The van der Waals surface area contributed by atoms with E-state index in [0.29, 0.717) is 0 Å². The van der Waals surface area contributed by atoms with Crippen LogP contribution in [0.2, 0.25) is 0 Å². The molecule has 4 nitrogen and oxygen atoms in total. The van der Waals surface area contributed by atoms with Gasteiger partial charge in [0.25, 0.3) is 11.4 Å². The molecule has 0 unspecified atom stereocenters. The molecule has 0 saturated heterocycles. The summed E-state index contributed by atoms with van der Waals surface area (Å²) in [4.78, 5) is 9.44. The first-order valence-corrected chi connectivity index (χ1v) is 2.80. The van der Waals surface area contributed by atoms with Crippen LogP contribution >= 0.6 is 0 Å². The second-order valence-electron chi connectivity index (χ2n) is 1.14. The number of ketones is 1. The molecule has 0 amide bonds. The number of hydrogen-bond acceptors (Lipinski definition) is 2. The van der Waals surface area contributed by atoms with Crippen LogP contribution in [0.4, 0.5) is 0 Å². The first-order chi connectivity index (χ1) is 3.46. The van der Waals surface area contributed by atoms with Crippen LogP contribution in [0.1, 0.15) is 15.3 Å². The summed E-state index contributed by atoms with van der Waals surface area (Å²) in [6.07, 6.45) is 0. The van der Waals surface area contributed by atoms with Gasteiger partial charge in [-0.3, -0.25) is 9.11 Å². The van der Waals surface area contributed by atoms with E-state index in [4.69, 9.17) is 13.3 Å². The molecule has 6 heteroatoms. The van der Waals surface area contributed by atoms with Crippen LogP contribution in [0, 0.1) is 0 Å². The molecule has 0 aromatic rings. The molecule has 9 heavy (non-hydrogen) atoms. The average molecular weight is 164 g/mol. The molecule has 0 aliphatic rings. The van der Waals surface area contributed by atoms with Gasteiger partial charge in [-0.05, 0) is 13.8 Å². The maximum atomic E-state index is 9.44. The minimum atomic E-state index is -2.61. The summed E-state index contributed by atoms with van der Waals surface area (Å²) in [5, 5.41) is 0. The number of Topliss-reactive ketones (excluding diaryl/α,β-unsaturated/α-hetero) is 1. The molecule has 0 aliphatic heterocycles. The zero-order valence-corrected chi connectivity index (χ0v) is 8.44. The van der Waals surface area contributed by atoms with Crippen LogP contribution < -0.4 is 29.6 Å². The monoisotopic (exact) mass is 164 g/mol. The Balaban J connectivity index is -0.0000000300. The summed E-state index contributed by atoms with van der Waals surface area (Å²) in [7, 11) is 0. The third kappa shape index (κ3) is 725. The third-order valence-corrected chi connectivity index (χ3v) is 0. The van der Waals surface area contributed by atoms with E-state index in [9.17, 15) is 4.79 Å². The van der Waals surface area contributed by atoms with Gasteiger partial charge in [0.1, 0.15) is 5.78 Å². The first-order valence-electron chi connectivity index (χ1n) is 1.74. The molecule has 0 radical (unpaired) electrons. The summed E-state index contributed by atoms with van der Waals surface area (Å²) in [6, 6.07) is 0. The number of hydrogen-bond donors (Lipinski definition) is 2. The molecule has 0 rings (SSSR count). The number of carbonyl (C=O) groups excluding carboxylic acids is 1. The molecule has 0 aromatic carbocycles. The quantitative estimate of drug-likeness (QED) is 0.304. The second-order valence-corrected chi connectivity index (χ2v) is 1.60. The zero-order valence-electron chi connectivity index (χ0n) is 6.62. The van der Waals surface area contributed by atoms with Gasteiger partial charge >= 0.3 is 29.6 Å². The van der Waals surface area contributed by atoms with E-state index in [2.05, 4.69) is 0 Å². The third-order valence-electron chi connectivity index (χ3n) is 0. The van der Waals surface area contributed by atoms with Gasteiger partial charge in [0.05, 0.1) is 0 Å². The van der Waals surface area contributed by atoms with Gasteiger partial charge in [0, 0.05) is 0 Å². The Kier molecular flexibility index (Phi) is 21.0. The van der Waals surface area contributed by atoms with Crippen LogP contribution in [0.3, 0.4) is 0 Å². The van der Waals surface area contributed by atoms with Crippen molar-refractivity contribution in [2.45, 2.75) is 13.8 Å². The molecule has 2 N–H and O–H groups in total. The number of carbonyl (C=O) groups is 1. The van der Waals surface area contributed by atoms with Crippen LogP contribution in [0.5, 0.6) is 0 Å². The standard InChI is InChI=1S/C3H6O.Na.H2O3S.H/c1-3(2)4;;1-4(2)3;/h1-2H3;;(H2,1,2,3);/q;+1;;-1.